The number of amides is 1. The number of carbonyl (C=O) groups is 1. The average molecular weight is 288 g/mol. The second kappa shape index (κ2) is 6.13. The van der Waals surface area contributed by atoms with E-state index in [9.17, 15) is 4.79 Å². The van der Waals surface area contributed by atoms with Gasteiger partial charge in [0.2, 0.25) is 0 Å². The van der Waals surface area contributed by atoms with Crippen molar-refractivity contribution in [3.63, 3.8) is 0 Å². The number of nitrogens with one attached hydrogen (secondary N) is 2. The number of hydrogen-bond acceptors (Lipinski definition) is 4. The van der Waals surface area contributed by atoms with Gasteiger partial charge in [-0.2, -0.15) is 5.10 Å². The van der Waals surface area contributed by atoms with Gasteiger partial charge in [0, 0.05) is 12.6 Å². The van der Waals surface area contributed by atoms with Crippen molar-refractivity contribution in [2.45, 2.75) is 32.2 Å². The second-order valence-electron chi connectivity index (χ2n) is 5.26. The molecule has 112 valence electrons. The van der Waals surface area contributed by atoms with E-state index in [-0.39, 0.29) is 5.91 Å². The molecule has 0 unspecified atom stereocenters. The van der Waals surface area contributed by atoms with Gasteiger partial charge in [-0.3, -0.25) is 9.48 Å². The molecule has 0 atom stereocenters. The van der Waals surface area contributed by atoms with Crippen LogP contribution < -0.4 is 10.6 Å². The molecule has 1 saturated heterocycles. The number of hydrogen-bond donors (Lipinski definition) is 2. The van der Waals surface area contributed by atoms with Crippen molar-refractivity contribution in [1.82, 2.24) is 15.1 Å². The number of carbonyl (C=O) groups excluding carboxylic acids is 1. The van der Waals surface area contributed by atoms with Gasteiger partial charge in [-0.15, -0.1) is 0 Å². The van der Waals surface area contributed by atoms with Gasteiger partial charge in [0.25, 0.3) is 5.91 Å². The molecule has 2 aromatic heterocycles. The van der Waals surface area contributed by atoms with Crippen LogP contribution in [0.2, 0.25) is 0 Å². The number of furan rings is 1. The lowest BCUT2D eigenvalue weighted by Gasteiger charge is -2.22. The van der Waals surface area contributed by atoms with E-state index >= 15 is 0 Å². The molecule has 0 aliphatic carbocycles. The Balaban J connectivity index is 1.64. The molecule has 6 nitrogen and oxygen atoms in total. The van der Waals surface area contributed by atoms with Crippen LogP contribution in [0.4, 0.5) is 5.69 Å². The van der Waals surface area contributed by atoms with E-state index in [1.807, 2.05) is 23.9 Å². The molecule has 2 aromatic rings. The van der Waals surface area contributed by atoms with Crippen LogP contribution in [0.1, 0.15) is 42.1 Å². The Kier molecular flexibility index (Phi) is 4.06. The largest absolute Gasteiger partial charge is 0.456 e. The highest BCUT2D eigenvalue weighted by atomic mass is 16.3. The van der Waals surface area contributed by atoms with Gasteiger partial charge in [0.1, 0.15) is 5.76 Å². The van der Waals surface area contributed by atoms with Gasteiger partial charge >= 0.3 is 0 Å². The van der Waals surface area contributed by atoms with Gasteiger partial charge in [-0.25, -0.2) is 0 Å². The third-order valence-corrected chi connectivity index (χ3v) is 3.78. The molecule has 6 heteroatoms. The molecular formula is C15H20N4O2. The van der Waals surface area contributed by atoms with Crippen molar-refractivity contribution >= 4 is 11.6 Å². The summed E-state index contributed by atoms with van der Waals surface area (Å²) in [6.07, 6.45) is 6.47. The maximum atomic E-state index is 12.1. The maximum absolute atomic E-state index is 12.1. The van der Waals surface area contributed by atoms with Gasteiger partial charge in [-0.1, -0.05) is 6.92 Å². The number of aryl methyl sites for hydroxylation is 1. The number of piperidine rings is 1. The molecule has 1 amide bonds. The van der Waals surface area contributed by atoms with Crippen LogP contribution in [-0.2, 0) is 6.42 Å². The molecule has 1 aliphatic rings. The zero-order valence-corrected chi connectivity index (χ0v) is 12.1. The van der Waals surface area contributed by atoms with Crippen molar-refractivity contribution in [1.29, 1.82) is 0 Å². The normalized spacial score (nSPS) is 16.0. The predicted molar refractivity (Wildman–Crippen MR) is 79.4 cm³/mol. The summed E-state index contributed by atoms with van der Waals surface area (Å²) < 4.78 is 7.38. The molecular weight excluding hydrogens is 268 g/mol. The van der Waals surface area contributed by atoms with Gasteiger partial charge in [-0.05, 0) is 38.1 Å². The summed E-state index contributed by atoms with van der Waals surface area (Å²) in [5.41, 5.74) is 0.702. The van der Waals surface area contributed by atoms with Crippen LogP contribution in [-0.4, -0.2) is 28.8 Å². The minimum atomic E-state index is -0.237. The predicted octanol–water partition coefficient (Wildman–Crippen LogP) is 2.22. The highest BCUT2D eigenvalue weighted by Gasteiger charge is 2.17. The van der Waals surface area contributed by atoms with E-state index < -0.39 is 0 Å². The molecule has 1 aliphatic heterocycles. The number of anilines is 1. The van der Waals surface area contributed by atoms with Crippen molar-refractivity contribution in [3.05, 3.63) is 36.0 Å². The number of nitrogens with zero attached hydrogens (tertiary/aromatic N) is 2. The second-order valence-corrected chi connectivity index (χ2v) is 5.26. The van der Waals surface area contributed by atoms with Crippen LogP contribution in [0.25, 0.3) is 0 Å². The van der Waals surface area contributed by atoms with Crippen molar-refractivity contribution < 1.29 is 9.21 Å². The van der Waals surface area contributed by atoms with E-state index in [0.29, 0.717) is 17.5 Å². The highest BCUT2D eigenvalue weighted by molar-refractivity contribution is 6.02. The van der Waals surface area contributed by atoms with E-state index in [4.69, 9.17) is 4.42 Å². The topological polar surface area (TPSA) is 72.1 Å². The molecule has 0 radical (unpaired) electrons. The summed E-state index contributed by atoms with van der Waals surface area (Å²) in [7, 11) is 0. The Morgan fingerprint density at radius 3 is 3.00 bits per heavy atom. The molecule has 3 rings (SSSR count). The molecule has 0 bridgehead atoms. The molecule has 0 spiro atoms. The summed E-state index contributed by atoms with van der Waals surface area (Å²) in [5.74, 6) is 0.909. The minimum Gasteiger partial charge on any atom is -0.456 e. The van der Waals surface area contributed by atoms with E-state index in [2.05, 4.69) is 15.7 Å². The molecule has 3 heterocycles. The summed E-state index contributed by atoms with van der Waals surface area (Å²) in [5, 5.41) is 10.5. The van der Waals surface area contributed by atoms with E-state index in [1.165, 1.54) is 0 Å². The van der Waals surface area contributed by atoms with E-state index in [0.717, 1.165) is 38.1 Å². The third kappa shape index (κ3) is 3.16. The summed E-state index contributed by atoms with van der Waals surface area (Å²) >= 11 is 0. The van der Waals surface area contributed by atoms with Gasteiger partial charge in [0.05, 0.1) is 17.9 Å². The van der Waals surface area contributed by atoms with Gasteiger partial charge in [0.15, 0.2) is 5.76 Å². The van der Waals surface area contributed by atoms with Crippen molar-refractivity contribution in [2.75, 3.05) is 18.4 Å². The Morgan fingerprint density at radius 1 is 1.48 bits per heavy atom. The summed E-state index contributed by atoms with van der Waals surface area (Å²) in [6, 6.07) is 3.94. The zero-order chi connectivity index (χ0) is 14.7. The SMILES string of the molecule is CCc1ccc(C(=O)Nc2cnn(C3CCNCC3)c2)o1. The molecule has 0 aromatic carbocycles. The fraction of sp³-hybridized carbons (Fsp3) is 0.467. The fourth-order valence-corrected chi connectivity index (χ4v) is 2.56. The first kappa shape index (κ1) is 13.9. The smallest absolute Gasteiger partial charge is 0.291 e. The Bertz CT molecular complexity index is 611. The van der Waals surface area contributed by atoms with Crippen LogP contribution in [0.15, 0.2) is 28.9 Å². The first-order chi connectivity index (χ1) is 10.3. The Morgan fingerprint density at radius 2 is 2.29 bits per heavy atom. The first-order valence-electron chi connectivity index (χ1n) is 7.41. The Labute approximate surface area is 123 Å². The molecule has 21 heavy (non-hydrogen) atoms. The average Bonchev–Trinajstić information content (AvgIpc) is 3.17. The molecule has 1 fully saturated rings. The lowest BCUT2D eigenvalue weighted by atomic mass is 10.1. The van der Waals surface area contributed by atoms with Gasteiger partial charge < -0.3 is 15.1 Å². The monoisotopic (exact) mass is 288 g/mol. The highest BCUT2D eigenvalue weighted by Crippen LogP contribution is 2.20. The van der Waals surface area contributed by atoms with Crippen LogP contribution in [0, 0.1) is 0 Å². The van der Waals surface area contributed by atoms with Crippen LogP contribution >= 0.6 is 0 Å². The lowest BCUT2D eigenvalue weighted by Crippen LogP contribution is -2.29. The standard InChI is InChI=1S/C15H20N4O2/c1-2-13-3-4-14(21-13)15(20)18-11-9-17-19(10-11)12-5-7-16-8-6-12/h3-4,9-10,12,16H,2,5-8H2,1H3,(H,18,20). The molecule has 0 saturated carbocycles. The van der Waals surface area contributed by atoms with Crippen LogP contribution in [0.3, 0.4) is 0 Å². The van der Waals surface area contributed by atoms with Crippen molar-refractivity contribution in [3.8, 4) is 0 Å². The zero-order valence-electron chi connectivity index (χ0n) is 12.1. The fourth-order valence-electron chi connectivity index (χ4n) is 2.56. The molecule has 2 N–H and O–H groups in total. The quantitative estimate of drug-likeness (QED) is 0.905. The van der Waals surface area contributed by atoms with Crippen LogP contribution in [0.5, 0.6) is 0 Å². The number of aromatic nitrogens is 2. The summed E-state index contributed by atoms with van der Waals surface area (Å²) in [6.45, 7) is 4.01. The Hall–Kier alpha value is -2.08. The van der Waals surface area contributed by atoms with Crippen molar-refractivity contribution in [2.24, 2.45) is 0 Å². The third-order valence-electron chi connectivity index (χ3n) is 3.78. The number of rotatable bonds is 4. The first-order valence-corrected chi connectivity index (χ1v) is 7.41. The summed E-state index contributed by atoms with van der Waals surface area (Å²) in [4.78, 5) is 12.1. The lowest BCUT2D eigenvalue weighted by molar-refractivity contribution is 0.0995. The van der Waals surface area contributed by atoms with E-state index in [1.54, 1.807) is 12.3 Å². The minimum absolute atomic E-state index is 0.237. The maximum Gasteiger partial charge on any atom is 0.291 e.